The van der Waals surface area contributed by atoms with Crippen molar-refractivity contribution in [3.63, 3.8) is 0 Å². The number of carbonyl (C=O) groups excluding carboxylic acids is 1. The zero-order chi connectivity index (χ0) is 14.8. The van der Waals surface area contributed by atoms with Crippen LogP contribution in [0.2, 0.25) is 5.02 Å². The van der Waals surface area contributed by atoms with Crippen LogP contribution in [0, 0.1) is 0 Å². The lowest BCUT2D eigenvalue weighted by Gasteiger charge is -2.22. The van der Waals surface area contributed by atoms with Crippen LogP contribution in [0.4, 0.5) is 0 Å². The Labute approximate surface area is 129 Å². The van der Waals surface area contributed by atoms with Gasteiger partial charge in [-0.3, -0.25) is 4.79 Å². The van der Waals surface area contributed by atoms with E-state index in [1.165, 1.54) is 6.42 Å². The second-order valence-electron chi connectivity index (χ2n) is 5.80. The molecule has 0 spiro atoms. The maximum atomic E-state index is 12.4. The molecule has 0 radical (unpaired) electrons. The van der Waals surface area contributed by atoms with E-state index < -0.39 is 0 Å². The van der Waals surface area contributed by atoms with Crippen LogP contribution in [0.15, 0.2) is 24.3 Å². The molecule has 1 amide bonds. The minimum atomic E-state index is -0.0929. The van der Waals surface area contributed by atoms with Gasteiger partial charge in [0.1, 0.15) is 5.69 Å². The summed E-state index contributed by atoms with van der Waals surface area (Å²) in [5.74, 6) is -0.0929. The Hall–Kier alpha value is -1.52. The average Bonchev–Trinajstić information content (AvgIpc) is 2.78. The Morgan fingerprint density at radius 3 is 2.90 bits per heavy atom. The molecule has 2 aromatic rings. The zero-order valence-corrected chi connectivity index (χ0v) is 12.6. The maximum Gasteiger partial charge on any atom is 0.268 e. The van der Waals surface area contributed by atoms with Gasteiger partial charge < -0.3 is 16.0 Å². The molecule has 4 nitrogen and oxygen atoms in total. The van der Waals surface area contributed by atoms with E-state index in [1.807, 2.05) is 24.3 Å². The first-order valence-corrected chi connectivity index (χ1v) is 7.86. The molecule has 1 aliphatic carbocycles. The zero-order valence-electron chi connectivity index (χ0n) is 11.9. The number of aromatic amines is 1. The van der Waals surface area contributed by atoms with Crippen molar-refractivity contribution in [1.82, 2.24) is 10.3 Å². The molecule has 0 unspecified atom stereocenters. The second-order valence-corrected chi connectivity index (χ2v) is 6.23. The SMILES string of the molecule is N[C@H]1CCCCC[C@@H]1NC(=O)c1cc2cc(Cl)ccc2[nH]1. The van der Waals surface area contributed by atoms with Gasteiger partial charge in [0, 0.05) is 28.0 Å². The highest BCUT2D eigenvalue weighted by Crippen LogP contribution is 2.21. The molecule has 1 heterocycles. The van der Waals surface area contributed by atoms with Gasteiger partial charge in [-0.25, -0.2) is 0 Å². The van der Waals surface area contributed by atoms with Gasteiger partial charge in [0.05, 0.1) is 0 Å². The van der Waals surface area contributed by atoms with Crippen molar-refractivity contribution in [2.24, 2.45) is 5.73 Å². The van der Waals surface area contributed by atoms with E-state index in [-0.39, 0.29) is 18.0 Å². The molecule has 4 N–H and O–H groups in total. The van der Waals surface area contributed by atoms with Crippen LogP contribution >= 0.6 is 11.6 Å². The topological polar surface area (TPSA) is 70.9 Å². The summed E-state index contributed by atoms with van der Waals surface area (Å²) in [5.41, 5.74) is 7.63. The van der Waals surface area contributed by atoms with Crippen LogP contribution in [-0.4, -0.2) is 23.0 Å². The highest BCUT2D eigenvalue weighted by atomic mass is 35.5. The number of benzene rings is 1. The van der Waals surface area contributed by atoms with E-state index >= 15 is 0 Å². The van der Waals surface area contributed by atoms with Gasteiger partial charge in [0.15, 0.2) is 0 Å². The van der Waals surface area contributed by atoms with E-state index in [0.717, 1.165) is 36.6 Å². The smallest absolute Gasteiger partial charge is 0.268 e. The number of fused-ring (bicyclic) bond motifs is 1. The third-order valence-corrected chi connectivity index (χ3v) is 4.45. The summed E-state index contributed by atoms with van der Waals surface area (Å²) in [7, 11) is 0. The van der Waals surface area contributed by atoms with Crippen LogP contribution in [-0.2, 0) is 0 Å². The Morgan fingerprint density at radius 2 is 2.05 bits per heavy atom. The normalized spacial score (nSPS) is 23.0. The van der Waals surface area contributed by atoms with Gasteiger partial charge in [0.2, 0.25) is 0 Å². The van der Waals surface area contributed by atoms with E-state index in [9.17, 15) is 4.79 Å². The predicted molar refractivity (Wildman–Crippen MR) is 85.6 cm³/mol. The summed E-state index contributed by atoms with van der Waals surface area (Å²) < 4.78 is 0. The van der Waals surface area contributed by atoms with E-state index in [0.29, 0.717) is 10.7 Å². The molecular formula is C16H20ClN3O. The van der Waals surface area contributed by atoms with Gasteiger partial charge >= 0.3 is 0 Å². The summed E-state index contributed by atoms with van der Waals surface area (Å²) in [5, 5.41) is 4.68. The Morgan fingerprint density at radius 1 is 1.24 bits per heavy atom. The first-order chi connectivity index (χ1) is 10.1. The lowest BCUT2D eigenvalue weighted by atomic mass is 10.0. The lowest BCUT2D eigenvalue weighted by Crippen LogP contribution is -2.47. The molecule has 1 aromatic carbocycles. The summed E-state index contributed by atoms with van der Waals surface area (Å²) >= 11 is 5.97. The van der Waals surface area contributed by atoms with Gasteiger partial charge in [-0.05, 0) is 37.1 Å². The van der Waals surface area contributed by atoms with Crippen molar-refractivity contribution in [2.75, 3.05) is 0 Å². The van der Waals surface area contributed by atoms with Gasteiger partial charge in [-0.1, -0.05) is 30.9 Å². The number of hydrogen-bond acceptors (Lipinski definition) is 2. The second kappa shape index (κ2) is 6.08. The maximum absolute atomic E-state index is 12.4. The van der Waals surface area contributed by atoms with Crippen molar-refractivity contribution in [2.45, 2.75) is 44.2 Å². The van der Waals surface area contributed by atoms with Crippen LogP contribution in [0.25, 0.3) is 10.9 Å². The summed E-state index contributed by atoms with van der Waals surface area (Å²) in [6.45, 7) is 0. The van der Waals surface area contributed by atoms with Gasteiger partial charge in [0.25, 0.3) is 5.91 Å². The summed E-state index contributed by atoms with van der Waals surface area (Å²) in [4.78, 5) is 15.5. The van der Waals surface area contributed by atoms with Gasteiger partial charge in [-0.2, -0.15) is 0 Å². The molecule has 1 aliphatic rings. The number of hydrogen-bond donors (Lipinski definition) is 3. The standard InChI is InChI=1S/C16H20ClN3O/c17-11-6-7-13-10(8-11)9-15(19-13)16(21)20-14-5-3-1-2-4-12(14)18/h6-9,12,14,19H,1-5,18H2,(H,20,21)/t12-,14-/m0/s1. The molecule has 0 aliphatic heterocycles. The first kappa shape index (κ1) is 14.4. The number of H-pyrrole nitrogens is 1. The van der Waals surface area contributed by atoms with E-state index in [1.54, 1.807) is 0 Å². The van der Waals surface area contributed by atoms with Crippen molar-refractivity contribution in [1.29, 1.82) is 0 Å². The van der Waals surface area contributed by atoms with Crippen LogP contribution < -0.4 is 11.1 Å². The highest BCUT2D eigenvalue weighted by molar-refractivity contribution is 6.31. The number of nitrogens with two attached hydrogens (primary N) is 1. The number of aromatic nitrogens is 1. The van der Waals surface area contributed by atoms with Gasteiger partial charge in [-0.15, -0.1) is 0 Å². The molecule has 1 saturated carbocycles. The van der Waals surface area contributed by atoms with Crippen LogP contribution in [0.3, 0.4) is 0 Å². The monoisotopic (exact) mass is 305 g/mol. The molecule has 21 heavy (non-hydrogen) atoms. The molecule has 3 rings (SSSR count). The highest BCUT2D eigenvalue weighted by Gasteiger charge is 2.23. The minimum Gasteiger partial charge on any atom is -0.351 e. The fourth-order valence-corrected chi connectivity index (χ4v) is 3.17. The number of halogens is 1. The van der Waals surface area contributed by atoms with E-state index in [2.05, 4.69) is 10.3 Å². The van der Waals surface area contributed by atoms with E-state index in [4.69, 9.17) is 17.3 Å². The molecule has 0 bridgehead atoms. The van der Waals surface area contributed by atoms with Crippen LogP contribution in [0.1, 0.15) is 42.6 Å². The molecule has 2 atom stereocenters. The quantitative estimate of drug-likeness (QED) is 0.746. The Kier molecular flexibility index (Phi) is 4.17. The van der Waals surface area contributed by atoms with Crippen LogP contribution in [0.5, 0.6) is 0 Å². The number of rotatable bonds is 2. The third kappa shape index (κ3) is 3.22. The number of carbonyl (C=O) groups is 1. The molecule has 1 aromatic heterocycles. The fraction of sp³-hybridized carbons (Fsp3) is 0.438. The molecular weight excluding hydrogens is 286 g/mol. The first-order valence-electron chi connectivity index (χ1n) is 7.48. The molecule has 1 fully saturated rings. The van der Waals surface area contributed by atoms with Crippen molar-refractivity contribution in [3.8, 4) is 0 Å². The Balaban J connectivity index is 1.76. The minimum absolute atomic E-state index is 0.0512. The fourth-order valence-electron chi connectivity index (χ4n) is 2.99. The summed E-state index contributed by atoms with van der Waals surface area (Å²) in [6, 6.07) is 7.49. The largest absolute Gasteiger partial charge is 0.351 e. The average molecular weight is 306 g/mol. The van der Waals surface area contributed by atoms with Crippen molar-refractivity contribution < 1.29 is 4.79 Å². The van der Waals surface area contributed by atoms with Crippen molar-refractivity contribution in [3.05, 3.63) is 35.0 Å². The summed E-state index contributed by atoms with van der Waals surface area (Å²) in [6.07, 6.45) is 5.41. The molecule has 112 valence electrons. The molecule has 0 saturated heterocycles. The third-order valence-electron chi connectivity index (χ3n) is 4.21. The molecule has 5 heteroatoms. The lowest BCUT2D eigenvalue weighted by molar-refractivity contribution is 0.0924. The van der Waals surface area contributed by atoms with Crippen molar-refractivity contribution >= 4 is 28.4 Å². The number of amides is 1. The predicted octanol–water partition coefficient (Wildman–Crippen LogP) is 3.21. The number of nitrogens with one attached hydrogen (secondary N) is 2. The Bertz CT molecular complexity index is 652.